The second-order valence-electron chi connectivity index (χ2n) is 5.85. The van der Waals surface area contributed by atoms with Crippen LogP contribution in [0.3, 0.4) is 0 Å². The molecule has 0 unspecified atom stereocenters. The second kappa shape index (κ2) is 9.68. The van der Waals surface area contributed by atoms with Gasteiger partial charge in [-0.1, -0.05) is 72.4 Å². The van der Waals surface area contributed by atoms with E-state index in [9.17, 15) is 4.91 Å². The summed E-state index contributed by atoms with van der Waals surface area (Å²) in [6.45, 7) is 1.20. The van der Waals surface area contributed by atoms with Gasteiger partial charge in [0, 0.05) is 13.1 Å². The van der Waals surface area contributed by atoms with Gasteiger partial charge >= 0.3 is 0 Å². The molecule has 0 bridgehead atoms. The van der Waals surface area contributed by atoms with Crippen molar-refractivity contribution >= 4 is 29.1 Å². The number of hydrogen-bond donors (Lipinski definition) is 2. The maximum absolute atomic E-state index is 11.5. The predicted molar refractivity (Wildman–Crippen MR) is 112 cm³/mol. The van der Waals surface area contributed by atoms with E-state index in [-0.39, 0.29) is 5.69 Å². The zero-order valence-corrected chi connectivity index (χ0v) is 15.9. The minimum Gasteiger partial charge on any atom is -0.368 e. The molecule has 0 atom stereocenters. The van der Waals surface area contributed by atoms with Gasteiger partial charge in [0.1, 0.15) is 0 Å². The van der Waals surface area contributed by atoms with Crippen LogP contribution in [0.2, 0.25) is 0 Å². The molecule has 3 rings (SSSR count). The Labute approximate surface area is 162 Å². The molecular formula is C20H21N5OS. The van der Waals surface area contributed by atoms with Gasteiger partial charge in [0.25, 0.3) is 0 Å². The lowest BCUT2D eigenvalue weighted by molar-refractivity contribution is 0.932. The molecule has 1 heterocycles. The molecule has 0 amide bonds. The van der Waals surface area contributed by atoms with Crippen LogP contribution in [0.5, 0.6) is 0 Å². The van der Waals surface area contributed by atoms with Gasteiger partial charge in [0.2, 0.25) is 0 Å². The average Bonchev–Trinajstić information content (AvgIpc) is 2.73. The van der Waals surface area contributed by atoms with Gasteiger partial charge in [-0.2, -0.15) is 0 Å². The Morgan fingerprint density at radius 3 is 2.07 bits per heavy atom. The first-order valence-electron chi connectivity index (χ1n) is 8.65. The molecule has 0 aliphatic rings. The van der Waals surface area contributed by atoms with Crippen molar-refractivity contribution in [1.82, 2.24) is 9.97 Å². The summed E-state index contributed by atoms with van der Waals surface area (Å²) >= 11 is 1.42. The fourth-order valence-corrected chi connectivity index (χ4v) is 2.98. The number of hydrogen-bond acceptors (Lipinski definition) is 7. The summed E-state index contributed by atoms with van der Waals surface area (Å²) in [5.74, 6) is 0.895. The molecule has 0 radical (unpaired) electrons. The van der Waals surface area contributed by atoms with Crippen LogP contribution in [0, 0.1) is 4.91 Å². The van der Waals surface area contributed by atoms with E-state index < -0.39 is 0 Å². The Bertz CT molecular complexity index is 874. The first-order valence-corrected chi connectivity index (χ1v) is 9.87. The molecule has 1 aromatic heterocycles. The summed E-state index contributed by atoms with van der Waals surface area (Å²) in [6.07, 6.45) is 2.72. The van der Waals surface area contributed by atoms with Gasteiger partial charge in [-0.25, -0.2) is 9.97 Å². The first-order chi connectivity index (χ1) is 13.3. The van der Waals surface area contributed by atoms with Crippen molar-refractivity contribution in [2.45, 2.75) is 18.1 Å². The SMILES string of the molecule is CSc1nc(NCCc2ccccc2)c(N=O)c(NCc2ccccc2)n1. The van der Waals surface area contributed by atoms with Gasteiger partial charge < -0.3 is 10.6 Å². The summed E-state index contributed by atoms with van der Waals surface area (Å²) in [4.78, 5) is 20.3. The van der Waals surface area contributed by atoms with Gasteiger partial charge in [0.05, 0.1) is 0 Å². The predicted octanol–water partition coefficient (Wildman–Crippen LogP) is 4.86. The van der Waals surface area contributed by atoms with Crippen LogP contribution in [0.1, 0.15) is 11.1 Å². The third-order valence-electron chi connectivity index (χ3n) is 3.99. The van der Waals surface area contributed by atoms with Crippen molar-refractivity contribution in [3.8, 4) is 0 Å². The van der Waals surface area contributed by atoms with Crippen molar-refractivity contribution in [2.75, 3.05) is 23.4 Å². The van der Waals surface area contributed by atoms with E-state index in [4.69, 9.17) is 0 Å². The van der Waals surface area contributed by atoms with Crippen molar-refractivity contribution in [3.63, 3.8) is 0 Å². The number of nitrogens with one attached hydrogen (secondary N) is 2. The van der Waals surface area contributed by atoms with Crippen LogP contribution in [0.4, 0.5) is 17.3 Å². The van der Waals surface area contributed by atoms with E-state index in [1.54, 1.807) is 0 Å². The van der Waals surface area contributed by atoms with Crippen LogP contribution in [-0.4, -0.2) is 22.8 Å². The highest BCUT2D eigenvalue weighted by Crippen LogP contribution is 2.32. The summed E-state index contributed by atoms with van der Waals surface area (Å²) in [6, 6.07) is 20.1. The molecule has 0 fully saturated rings. The van der Waals surface area contributed by atoms with Crippen LogP contribution in [0.25, 0.3) is 0 Å². The highest BCUT2D eigenvalue weighted by atomic mass is 32.2. The Morgan fingerprint density at radius 1 is 0.889 bits per heavy atom. The molecule has 2 N–H and O–H groups in total. The lowest BCUT2D eigenvalue weighted by Crippen LogP contribution is -2.10. The van der Waals surface area contributed by atoms with Gasteiger partial charge in [0.15, 0.2) is 22.5 Å². The van der Waals surface area contributed by atoms with Crippen LogP contribution in [0.15, 0.2) is 71.0 Å². The molecule has 6 nitrogen and oxygen atoms in total. The summed E-state index contributed by atoms with van der Waals surface area (Å²) < 4.78 is 0. The van der Waals surface area contributed by atoms with Crippen molar-refractivity contribution in [3.05, 3.63) is 76.7 Å². The normalized spacial score (nSPS) is 10.4. The Kier molecular flexibility index (Phi) is 6.76. The van der Waals surface area contributed by atoms with Crippen molar-refractivity contribution in [1.29, 1.82) is 0 Å². The number of nitroso groups, excluding NO2 is 1. The number of aromatic nitrogens is 2. The van der Waals surface area contributed by atoms with Crippen molar-refractivity contribution in [2.24, 2.45) is 5.18 Å². The molecule has 0 saturated carbocycles. The molecular weight excluding hydrogens is 358 g/mol. The van der Waals surface area contributed by atoms with Crippen LogP contribution in [-0.2, 0) is 13.0 Å². The molecule has 0 saturated heterocycles. The van der Waals surface area contributed by atoms with Gasteiger partial charge in [-0.3, -0.25) is 0 Å². The smallest absolute Gasteiger partial charge is 0.192 e. The van der Waals surface area contributed by atoms with Crippen LogP contribution < -0.4 is 10.6 Å². The monoisotopic (exact) mass is 379 g/mol. The third-order valence-corrected chi connectivity index (χ3v) is 4.54. The molecule has 0 aliphatic heterocycles. The molecule has 3 aromatic rings. The minimum absolute atomic E-state index is 0.205. The molecule has 138 valence electrons. The second-order valence-corrected chi connectivity index (χ2v) is 6.62. The van der Waals surface area contributed by atoms with Crippen LogP contribution >= 0.6 is 11.8 Å². The highest BCUT2D eigenvalue weighted by Gasteiger charge is 2.15. The van der Waals surface area contributed by atoms with E-state index in [2.05, 4.69) is 37.9 Å². The lowest BCUT2D eigenvalue weighted by atomic mass is 10.1. The summed E-state index contributed by atoms with van der Waals surface area (Å²) in [5, 5.41) is 10.2. The maximum Gasteiger partial charge on any atom is 0.192 e. The first kappa shape index (κ1) is 18.8. The maximum atomic E-state index is 11.5. The number of benzene rings is 2. The van der Waals surface area contributed by atoms with E-state index in [0.717, 1.165) is 12.0 Å². The quantitative estimate of drug-likeness (QED) is 0.314. The zero-order chi connectivity index (χ0) is 18.9. The summed E-state index contributed by atoms with van der Waals surface area (Å²) in [7, 11) is 0. The number of anilines is 2. The molecule has 7 heteroatoms. The van der Waals surface area contributed by atoms with Gasteiger partial charge in [-0.05, 0) is 29.0 Å². The summed E-state index contributed by atoms with van der Waals surface area (Å²) in [5.41, 5.74) is 2.52. The van der Waals surface area contributed by atoms with E-state index in [1.807, 2.05) is 54.8 Å². The van der Waals surface area contributed by atoms with E-state index >= 15 is 0 Å². The van der Waals surface area contributed by atoms with Crippen molar-refractivity contribution < 1.29 is 0 Å². The Hall–Kier alpha value is -2.93. The largest absolute Gasteiger partial charge is 0.368 e. The standard InChI is InChI=1S/C20H21N5OS/c1-27-20-23-18(21-13-12-15-8-4-2-5-9-15)17(25-26)19(24-20)22-14-16-10-6-3-7-11-16/h2-11H,12-14H2,1H3,(H2,21,22,23,24). The molecule has 27 heavy (non-hydrogen) atoms. The number of rotatable bonds is 9. The fourth-order valence-electron chi connectivity index (χ4n) is 2.61. The fraction of sp³-hybridized carbons (Fsp3) is 0.200. The average molecular weight is 379 g/mol. The zero-order valence-electron chi connectivity index (χ0n) is 15.1. The molecule has 0 aliphatic carbocycles. The molecule has 0 spiro atoms. The Morgan fingerprint density at radius 2 is 1.48 bits per heavy atom. The van der Waals surface area contributed by atoms with Gasteiger partial charge in [-0.15, -0.1) is 4.91 Å². The number of thioether (sulfide) groups is 1. The van der Waals surface area contributed by atoms with E-state index in [0.29, 0.717) is 29.9 Å². The minimum atomic E-state index is 0.205. The topological polar surface area (TPSA) is 79.3 Å². The molecule has 2 aromatic carbocycles. The third kappa shape index (κ3) is 5.27. The number of nitrogens with zero attached hydrogens (tertiary/aromatic N) is 3. The van der Waals surface area contributed by atoms with E-state index in [1.165, 1.54) is 17.3 Å². The Balaban J connectivity index is 1.74. The lowest BCUT2D eigenvalue weighted by Gasteiger charge is -2.13. The highest BCUT2D eigenvalue weighted by molar-refractivity contribution is 7.98.